The number of nitrogens with one attached hydrogen (secondary N) is 2. The summed E-state index contributed by atoms with van der Waals surface area (Å²) in [6.07, 6.45) is 0.877. The highest BCUT2D eigenvalue weighted by molar-refractivity contribution is 5.94. The third-order valence-electron chi connectivity index (χ3n) is 4.28. The minimum absolute atomic E-state index is 0.0432. The zero-order chi connectivity index (χ0) is 19.9. The number of hydrogen-bond donors (Lipinski definition) is 2. The highest BCUT2D eigenvalue weighted by Gasteiger charge is 2.04. The first kappa shape index (κ1) is 19.4. The van der Waals surface area contributed by atoms with Crippen LogP contribution in [-0.2, 0) is 6.42 Å². The Morgan fingerprint density at radius 1 is 1.04 bits per heavy atom. The average Bonchev–Trinajstić information content (AvgIpc) is 2.68. The van der Waals surface area contributed by atoms with Gasteiger partial charge in [-0.05, 0) is 62.2 Å². The molecule has 0 atom stereocenters. The molecule has 0 fully saturated rings. The van der Waals surface area contributed by atoms with E-state index in [1.807, 2.05) is 37.3 Å². The number of anilines is 3. The van der Waals surface area contributed by atoms with Gasteiger partial charge in [0.05, 0.1) is 7.11 Å². The molecule has 0 aliphatic carbocycles. The SMILES string of the molecule is COc1ccc(CCNc2cc(C)nc(Nc3ccc(C(C)=O)cc3)n2)cc1. The van der Waals surface area contributed by atoms with E-state index in [0.717, 1.165) is 35.9 Å². The topological polar surface area (TPSA) is 76.1 Å². The molecule has 6 nitrogen and oxygen atoms in total. The average molecular weight is 376 g/mol. The second-order valence-corrected chi connectivity index (χ2v) is 6.50. The Morgan fingerprint density at radius 2 is 1.75 bits per heavy atom. The second kappa shape index (κ2) is 8.99. The van der Waals surface area contributed by atoms with Crippen LogP contribution in [-0.4, -0.2) is 29.4 Å². The van der Waals surface area contributed by atoms with Crippen molar-refractivity contribution in [2.24, 2.45) is 0 Å². The Bertz CT molecular complexity index is 938. The fourth-order valence-corrected chi connectivity index (χ4v) is 2.76. The van der Waals surface area contributed by atoms with E-state index in [9.17, 15) is 4.79 Å². The number of ketones is 1. The molecule has 1 aromatic heterocycles. The summed E-state index contributed by atoms with van der Waals surface area (Å²) >= 11 is 0. The van der Waals surface area contributed by atoms with Gasteiger partial charge in [0.25, 0.3) is 0 Å². The molecule has 2 N–H and O–H groups in total. The maximum Gasteiger partial charge on any atom is 0.229 e. The first-order valence-electron chi connectivity index (χ1n) is 9.14. The highest BCUT2D eigenvalue weighted by Crippen LogP contribution is 2.17. The Labute approximate surface area is 165 Å². The summed E-state index contributed by atoms with van der Waals surface area (Å²) in [5, 5.41) is 6.53. The van der Waals surface area contributed by atoms with Crippen LogP contribution in [0.25, 0.3) is 0 Å². The van der Waals surface area contributed by atoms with Gasteiger partial charge in [-0.1, -0.05) is 12.1 Å². The predicted octanol–water partition coefficient (Wildman–Crippen LogP) is 4.39. The number of aromatic nitrogens is 2. The van der Waals surface area contributed by atoms with E-state index in [1.54, 1.807) is 26.2 Å². The lowest BCUT2D eigenvalue weighted by atomic mass is 10.1. The van der Waals surface area contributed by atoms with Gasteiger partial charge in [-0.15, -0.1) is 0 Å². The van der Waals surface area contributed by atoms with Crippen LogP contribution in [0.4, 0.5) is 17.5 Å². The quantitative estimate of drug-likeness (QED) is 0.568. The lowest BCUT2D eigenvalue weighted by Gasteiger charge is -2.10. The fraction of sp³-hybridized carbons (Fsp3) is 0.227. The molecule has 0 amide bonds. The Balaban J connectivity index is 1.61. The minimum Gasteiger partial charge on any atom is -0.497 e. The second-order valence-electron chi connectivity index (χ2n) is 6.50. The molecule has 28 heavy (non-hydrogen) atoms. The number of carbonyl (C=O) groups excluding carboxylic acids is 1. The molecule has 144 valence electrons. The normalized spacial score (nSPS) is 10.4. The molecular formula is C22H24N4O2. The first-order valence-corrected chi connectivity index (χ1v) is 9.14. The molecule has 0 bridgehead atoms. The van der Waals surface area contributed by atoms with Gasteiger partial charge in [0, 0.05) is 29.6 Å². The zero-order valence-corrected chi connectivity index (χ0v) is 16.3. The number of rotatable bonds is 8. The number of hydrogen-bond acceptors (Lipinski definition) is 6. The number of aryl methyl sites for hydroxylation is 1. The van der Waals surface area contributed by atoms with Crippen LogP contribution in [0, 0.1) is 6.92 Å². The monoisotopic (exact) mass is 376 g/mol. The van der Waals surface area contributed by atoms with E-state index in [-0.39, 0.29) is 5.78 Å². The van der Waals surface area contributed by atoms with Crippen LogP contribution in [0.15, 0.2) is 54.6 Å². The van der Waals surface area contributed by atoms with Crippen LogP contribution in [0.1, 0.15) is 28.5 Å². The Kier molecular flexibility index (Phi) is 6.22. The van der Waals surface area contributed by atoms with Gasteiger partial charge in [0.15, 0.2) is 5.78 Å². The van der Waals surface area contributed by atoms with Gasteiger partial charge >= 0.3 is 0 Å². The van der Waals surface area contributed by atoms with Crippen LogP contribution < -0.4 is 15.4 Å². The van der Waals surface area contributed by atoms with Crippen molar-refractivity contribution in [3.8, 4) is 5.75 Å². The molecule has 0 aliphatic rings. The van der Waals surface area contributed by atoms with Crippen molar-refractivity contribution in [2.75, 3.05) is 24.3 Å². The van der Waals surface area contributed by atoms with Crippen molar-refractivity contribution in [1.29, 1.82) is 0 Å². The number of carbonyl (C=O) groups is 1. The lowest BCUT2D eigenvalue weighted by molar-refractivity contribution is 0.101. The molecule has 0 saturated heterocycles. The summed E-state index contributed by atoms with van der Waals surface area (Å²) in [5.74, 6) is 2.18. The number of ether oxygens (including phenoxy) is 1. The van der Waals surface area contributed by atoms with E-state index >= 15 is 0 Å². The molecule has 3 rings (SSSR count). The third kappa shape index (κ3) is 5.30. The maximum atomic E-state index is 11.4. The van der Waals surface area contributed by atoms with Gasteiger partial charge in [0.2, 0.25) is 5.95 Å². The number of methoxy groups -OCH3 is 1. The molecule has 0 aliphatic heterocycles. The largest absolute Gasteiger partial charge is 0.497 e. The van der Waals surface area contributed by atoms with Crippen molar-refractivity contribution in [3.63, 3.8) is 0 Å². The summed E-state index contributed by atoms with van der Waals surface area (Å²) in [7, 11) is 1.66. The van der Waals surface area contributed by atoms with E-state index in [1.165, 1.54) is 5.56 Å². The molecule has 0 unspecified atom stereocenters. The van der Waals surface area contributed by atoms with Crippen molar-refractivity contribution >= 4 is 23.2 Å². The van der Waals surface area contributed by atoms with E-state index in [4.69, 9.17) is 4.74 Å². The number of benzene rings is 2. The number of nitrogens with zero attached hydrogens (tertiary/aromatic N) is 2. The first-order chi connectivity index (χ1) is 13.5. The predicted molar refractivity (Wildman–Crippen MR) is 112 cm³/mol. The van der Waals surface area contributed by atoms with Crippen LogP contribution in [0.5, 0.6) is 5.75 Å². The van der Waals surface area contributed by atoms with E-state index in [2.05, 4.69) is 32.7 Å². The molecule has 0 radical (unpaired) electrons. The molecule has 1 heterocycles. The molecule has 3 aromatic rings. The Morgan fingerprint density at radius 3 is 2.39 bits per heavy atom. The number of Topliss-reactive ketones (excluding diaryl/α,β-unsaturated/α-hetero) is 1. The molecule has 6 heteroatoms. The van der Waals surface area contributed by atoms with Crippen LogP contribution in [0.2, 0.25) is 0 Å². The summed E-state index contributed by atoms with van der Waals surface area (Å²) in [4.78, 5) is 20.3. The van der Waals surface area contributed by atoms with Gasteiger partial charge in [-0.3, -0.25) is 4.79 Å². The standard InChI is InChI=1S/C22H24N4O2/c1-15-14-21(23-13-12-17-4-10-20(28-3)11-5-17)26-22(24-15)25-19-8-6-18(7-9-19)16(2)27/h4-11,14H,12-13H2,1-3H3,(H2,23,24,25,26). The van der Waals surface area contributed by atoms with E-state index in [0.29, 0.717) is 11.5 Å². The minimum atomic E-state index is 0.0432. The summed E-state index contributed by atoms with van der Waals surface area (Å²) in [6.45, 7) is 4.24. The van der Waals surface area contributed by atoms with Gasteiger partial charge in [-0.25, -0.2) is 4.98 Å². The molecule has 0 saturated carbocycles. The van der Waals surface area contributed by atoms with Crippen molar-refractivity contribution in [2.45, 2.75) is 20.3 Å². The summed E-state index contributed by atoms with van der Waals surface area (Å²) in [6, 6.07) is 17.2. The lowest BCUT2D eigenvalue weighted by Crippen LogP contribution is -2.08. The molecule has 0 spiro atoms. The maximum absolute atomic E-state index is 11.4. The van der Waals surface area contributed by atoms with Crippen LogP contribution in [0.3, 0.4) is 0 Å². The van der Waals surface area contributed by atoms with E-state index < -0.39 is 0 Å². The molecular weight excluding hydrogens is 352 g/mol. The van der Waals surface area contributed by atoms with Crippen molar-refractivity contribution < 1.29 is 9.53 Å². The fourth-order valence-electron chi connectivity index (χ4n) is 2.76. The van der Waals surface area contributed by atoms with Gasteiger partial charge in [0.1, 0.15) is 11.6 Å². The smallest absolute Gasteiger partial charge is 0.229 e. The highest BCUT2D eigenvalue weighted by atomic mass is 16.5. The van der Waals surface area contributed by atoms with Crippen molar-refractivity contribution in [3.05, 3.63) is 71.4 Å². The summed E-state index contributed by atoms with van der Waals surface area (Å²) < 4.78 is 5.18. The van der Waals surface area contributed by atoms with Gasteiger partial charge < -0.3 is 15.4 Å². The zero-order valence-electron chi connectivity index (χ0n) is 16.3. The van der Waals surface area contributed by atoms with Crippen LogP contribution >= 0.6 is 0 Å². The van der Waals surface area contributed by atoms with Gasteiger partial charge in [-0.2, -0.15) is 4.98 Å². The third-order valence-corrected chi connectivity index (χ3v) is 4.28. The van der Waals surface area contributed by atoms with Crippen molar-refractivity contribution in [1.82, 2.24) is 9.97 Å². The molecule has 2 aromatic carbocycles. The summed E-state index contributed by atoms with van der Waals surface area (Å²) in [5.41, 5.74) is 3.60. The Hall–Kier alpha value is -3.41.